The van der Waals surface area contributed by atoms with E-state index in [-0.39, 0.29) is 18.4 Å². The van der Waals surface area contributed by atoms with Crippen LogP contribution < -0.4 is 15.4 Å². The van der Waals surface area contributed by atoms with Crippen LogP contribution in [-0.4, -0.2) is 25.5 Å². The third-order valence-electron chi connectivity index (χ3n) is 3.62. The molecule has 2 amide bonds. The number of anilines is 1. The first-order chi connectivity index (χ1) is 11.5. The second-order valence-corrected chi connectivity index (χ2v) is 5.74. The fourth-order valence-corrected chi connectivity index (χ4v) is 2.16. The Labute approximate surface area is 142 Å². The number of carbonyl (C=O) groups is 2. The number of methoxy groups -OCH3 is 1. The fraction of sp³-hybridized carbons (Fsp3) is 0.263. The largest absolute Gasteiger partial charge is 0.497 e. The molecule has 0 atom stereocenters. The van der Waals surface area contributed by atoms with Crippen molar-refractivity contribution >= 4 is 17.5 Å². The molecule has 0 fully saturated rings. The van der Waals surface area contributed by atoms with E-state index in [0.29, 0.717) is 22.9 Å². The quantitative estimate of drug-likeness (QED) is 0.857. The van der Waals surface area contributed by atoms with Crippen molar-refractivity contribution in [2.24, 2.45) is 0 Å². The molecule has 2 rings (SSSR count). The van der Waals surface area contributed by atoms with Gasteiger partial charge < -0.3 is 15.4 Å². The standard InChI is InChI=1S/C19H22N2O3/c1-13(2)14-4-8-16(9-5-14)21-18(22)12-20-19(23)15-6-10-17(24-3)11-7-15/h4-11,13H,12H2,1-3H3,(H,20,23)(H,21,22). The summed E-state index contributed by atoms with van der Waals surface area (Å²) in [7, 11) is 1.56. The predicted molar refractivity (Wildman–Crippen MR) is 94.5 cm³/mol. The summed E-state index contributed by atoms with van der Waals surface area (Å²) in [6.45, 7) is 4.14. The summed E-state index contributed by atoms with van der Waals surface area (Å²) < 4.78 is 5.04. The summed E-state index contributed by atoms with van der Waals surface area (Å²) in [6, 6.07) is 14.4. The van der Waals surface area contributed by atoms with Crippen molar-refractivity contribution in [3.63, 3.8) is 0 Å². The fourth-order valence-electron chi connectivity index (χ4n) is 2.16. The van der Waals surface area contributed by atoms with Gasteiger partial charge in [0.15, 0.2) is 0 Å². The minimum absolute atomic E-state index is 0.0865. The maximum absolute atomic E-state index is 12.0. The minimum atomic E-state index is -0.303. The van der Waals surface area contributed by atoms with E-state index in [4.69, 9.17) is 4.74 Å². The Balaban J connectivity index is 1.84. The second-order valence-electron chi connectivity index (χ2n) is 5.74. The molecule has 0 saturated carbocycles. The Kier molecular flexibility index (Phi) is 5.95. The molecule has 0 aliphatic rings. The number of nitrogens with one attached hydrogen (secondary N) is 2. The highest BCUT2D eigenvalue weighted by molar-refractivity contribution is 5.99. The first-order valence-electron chi connectivity index (χ1n) is 7.81. The van der Waals surface area contributed by atoms with Gasteiger partial charge in [-0.25, -0.2) is 0 Å². The Morgan fingerprint density at radius 3 is 2.17 bits per heavy atom. The highest BCUT2D eigenvalue weighted by Crippen LogP contribution is 2.17. The van der Waals surface area contributed by atoms with Crippen molar-refractivity contribution in [1.82, 2.24) is 5.32 Å². The van der Waals surface area contributed by atoms with Gasteiger partial charge in [0.25, 0.3) is 5.91 Å². The van der Waals surface area contributed by atoms with E-state index in [0.717, 1.165) is 0 Å². The third kappa shape index (κ3) is 4.84. The highest BCUT2D eigenvalue weighted by Gasteiger charge is 2.08. The summed E-state index contributed by atoms with van der Waals surface area (Å²) in [6.07, 6.45) is 0. The lowest BCUT2D eigenvalue weighted by molar-refractivity contribution is -0.115. The number of benzene rings is 2. The Morgan fingerprint density at radius 2 is 1.62 bits per heavy atom. The number of carbonyl (C=O) groups excluding carboxylic acids is 2. The van der Waals surface area contributed by atoms with Crippen molar-refractivity contribution in [3.8, 4) is 5.75 Å². The van der Waals surface area contributed by atoms with Crippen LogP contribution in [-0.2, 0) is 4.79 Å². The smallest absolute Gasteiger partial charge is 0.251 e. The highest BCUT2D eigenvalue weighted by atomic mass is 16.5. The van der Waals surface area contributed by atoms with Crippen LogP contribution in [0.4, 0.5) is 5.69 Å². The molecule has 0 aliphatic heterocycles. The Morgan fingerprint density at radius 1 is 1.00 bits per heavy atom. The van der Waals surface area contributed by atoms with Gasteiger partial charge in [0.05, 0.1) is 13.7 Å². The van der Waals surface area contributed by atoms with Gasteiger partial charge in [-0.05, 0) is 47.9 Å². The van der Waals surface area contributed by atoms with Crippen LogP contribution in [0.3, 0.4) is 0 Å². The van der Waals surface area contributed by atoms with Crippen LogP contribution in [0.15, 0.2) is 48.5 Å². The molecular formula is C19H22N2O3. The van der Waals surface area contributed by atoms with Gasteiger partial charge in [-0.15, -0.1) is 0 Å². The molecule has 2 aromatic rings. The van der Waals surface area contributed by atoms with Crippen LogP contribution in [0, 0.1) is 0 Å². The SMILES string of the molecule is COc1ccc(C(=O)NCC(=O)Nc2ccc(C(C)C)cc2)cc1. The summed E-state index contributed by atoms with van der Waals surface area (Å²) in [5.41, 5.74) is 2.40. The minimum Gasteiger partial charge on any atom is -0.497 e. The van der Waals surface area contributed by atoms with Crippen molar-refractivity contribution in [3.05, 3.63) is 59.7 Å². The molecule has 0 aliphatic carbocycles. The van der Waals surface area contributed by atoms with Gasteiger partial charge in [0.2, 0.25) is 5.91 Å². The number of hydrogen-bond acceptors (Lipinski definition) is 3. The molecule has 126 valence electrons. The molecular weight excluding hydrogens is 304 g/mol. The molecule has 0 bridgehead atoms. The van der Waals surface area contributed by atoms with Crippen LogP contribution in [0.5, 0.6) is 5.75 Å². The van der Waals surface area contributed by atoms with Crippen molar-refractivity contribution in [1.29, 1.82) is 0 Å². The van der Waals surface area contributed by atoms with Crippen molar-refractivity contribution in [2.75, 3.05) is 19.0 Å². The van der Waals surface area contributed by atoms with Crippen LogP contribution >= 0.6 is 0 Å². The maximum atomic E-state index is 12.0. The van der Waals surface area contributed by atoms with Crippen LogP contribution in [0.25, 0.3) is 0 Å². The van der Waals surface area contributed by atoms with Gasteiger partial charge in [-0.2, -0.15) is 0 Å². The molecule has 0 unspecified atom stereocenters. The van der Waals surface area contributed by atoms with Gasteiger partial charge in [-0.1, -0.05) is 26.0 Å². The molecule has 0 spiro atoms. The maximum Gasteiger partial charge on any atom is 0.251 e. The second kappa shape index (κ2) is 8.15. The summed E-state index contributed by atoms with van der Waals surface area (Å²) in [5.74, 6) is 0.546. The lowest BCUT2D eigenvalue weighted by atomic mass is 10.0. The van der Waals surface area contributed by atoms with E-state index in [1.165, 1.54) is 5.56 Å². The number of hydrogen-bond donors (Lipinski definition) is 2. The lowest BCUT2D eigenvalue weighted by Crippen LogP contribution is -2.32. The molecule has 0 aromatic heterocycles. The summed E-state index contributed by atoms with van der Waals surface area (Å²) >= 11 is 0. The zero-order valence-electron chi connectivity index (χ0n) is 14.1. The molecule has 2 aromatic carbocycles. The lowest BCUT2D eigenvalue weighted by Gasteiger charge is -2.09. The third-order valence-corrected chi connectivity index (χ3v) is 3.62. The van der Waals surface area contributed by atoms with Crippen molar-refractivity contribution in [2.45, 2.75) is 19.8 Å². The van der Waals surface area contributed by atoms with Gasteiger partial charge in [-0.3, -0.25) is 9.59 Å². The molecule has 2 N–H and O–H groups in total. The van der Waals surface area contributed by atoms with E-state index in [9.17, 15) is 9.59 Å². The van der Waals surface area contributed by atoms with Gasteiger partial charge in [0, 0.05) is 11.3 Å². The first kappa shape index (κ1) is 17.5. The predicted octanol–water partition coefficient (Wildman–Crippen LogP) is 3.19. The average Bonchev–Trinajstić information content (AvgIpc) is 2.60. The monoisotopic (exact) mass is 326 g/mol. The molecule has 5 heteroatoms. The zero-order chi connectivity index (χ0) is 17.5. The molecule has 5 nitrogen and oxygen atoms in total. The summed E-state index contributed by atoms with van der Waals surface area (Å²) in [5, 5.41) is 5.35. The Hall–Kier alpha value is -2.82. The van der Waals surface area contributed by atoms with Crippen molar-refractivity contribution < 1.29 is 14.3 Å². The van der Waals surface area contributed by atoms with Gasteiger partial charge in [0.1, 0.15) is 5.75 Å². The average molecular weight is 326 g/mol. The zero-order valence-corrected chi connectivity index (χ0v) is 14.1. The summed E-state index contributed by atoms with van der Waals surface area (Å²) in [4.78, 5) is 23.9. The van der Waals surface area contributed by atoms with Gasteiger partial charge >= 0.3 is 0 Å². The normalized spacial score (nSPS) is 10.3. The van der Waals surface area contributed by atoms with Crippen LogP contribution in [0.2, 0.25) is 0 Å². The van der Waals surface area contributed by atoms with E-state index in [1.807, 2.05) is 24.3 Å². The Bertz CT molecular complexity index is 692. The molecule has 0 heterocycles. The molecule has 0 saturated heterocycles. The molecule has 24 heavy (non-hydrogen) atoms. The number of ether oxygens (including phenoxy) is 1. The van der Waals surface area contributed by atoms with E-state index in [1.54, 1.807) is 31.4 Å². The first-order valence-corrected chi connectivity index (χ1v) is 7.81. The van der Waals surface area contributed by atoms with Crippen LogP contribution in [0.1, 0.15) is 35.7 Å². The molecule has 0 radical (unpaired) electrons. The topological polar surface area (TPSA) is 67.4 Å². The van der Waals surface area contributed by atoms with E-state index in [2.05, 4.69) is 24.5 Å². The number of rotatable bonds is 6. The van der Waals surface area contributed by atoms with E-state index < -0.39 is 0 Å². The van der Waals surface area contributed by atoms with E-state index >= 15 is 0 Å². The number of amides is 2.